The summed E-state index contributed by atoms with van der Waals surface area (Å²) in [7, 11) is 0. The Balaban J connectivity index is 2.49. The number of nitriles is 1. The van der Waals surface area contributed by atoms with Gasteiger partial charge in [-0.2, -0.15) is 5.26 Å². The number of hydrogen-bond acceptors (Lipinski definition) is 2. The molecule has 0 aliphatic heterocycles. The predicted octanol–water partition coefficient (Wildman–Crippen LogP) is 2.82. The van der Waals surface area contributed by atoms with Gasteiger partial charge in [-0.1, -0.05) is 12.1 Å². The molecule has 2 nitrogen and oxygen atoms in total. The summed E-state index contributed by atoms with van der Waals surface area (Å²) in [6, 6.07) is 13.1. The number of furan rings is 1. The lowest BCUT2D eigenvalue weighted by Gasteiger charge is -1.95. The largest absolute Gasteiger partial charge is 0.464 e. The van der Waals surface area contributed by atoms with Crippen LogP contribution in [0.1, 0.15) is 5.56 Å². The minimum atomic E-state index is 0.647. The van der Waals surface area contributed by atoms with Crippen molar-refractivity contribution < 1.29 is 4.42 Å². The lowest BCUT2D eigenvalue weighted by Crippen LogP contribution is -1.76. The van der Waals surface area contributed by atoms with Gasteiger partial charge < -0.3 is 4.42 Å². The fraction of sp³-hybridized carbons (Fsp3) is 0. The fourth-order valence-electron chi connectivity index (χ4n) is 1.18. The molecule has 0 unspecified atom stereocenters. The van der Waals surface area contributed by atoms with Crippen LogP contribution in [0.3, 0.4) is 0 Å². The van der Waals surface area contributed by atoms with Crippen molar-refractivity contribution in [2.24, 2.45) is 0 Å². The van der Waals surface area contributed by atoms with Gasteiger partial charge in [0.1, 0.15) is 5.76 Å². The highest BCUT2D eigenvalue weighted by Crippen LogP contribution is 2.20. The summed E-state index contributed by atoms with van der Waals surface area (Å²) < 4.78 is 5.21. The Morgan fingerprint density at radius 2 is 2.08 bits per heavy atom. The summed E-state index contributed by atoms with van der Waals surface area (Å²) in [5.74, 6) is 0.789. The Morgan fingerprint density at radius 3 is 2.77 bits per heavy atom. The molecule has 0 amide bonds. The highest BCUT2D eigenvalue weighted by Gasteiger charge is 2.00. The lowest BCUT2D eigenvalue weighted by molar-refractivity contribution is 0.582. The highest BCUT2D eigenvalue weighted by atomic mass is 16.3. The van der Waals surface area contributed by atoms with E-state index in [1.54, 1.807) is 18.4 Å². The average molecular weight is 169 g/mol. The molecule has 1 aromatic heterocycles. The smallest absolute Gasteiger partial charge is 0.133 e. The normalized spacial score (nSPS) is 9.46. The van der Waals surface area contributed by atoms with Crippen LogP contribution in [0.15, 0.2) is 47.1 Å². The highest BCUT2D eigenvalue weighted by molar-refractivity contribution is 5.59. The van der Waals surface area contributed by atoms with Gasteiger partial charge in [-0.3, -0.25) is 0 Å². The SMILES string of the molecule is N#Cc1cccc(-c2ccco2)c1. The van der Waals surface area contributed by atoms with E-state index in [1.165, 1.54) is 0 Å². The molecule has 2 heteroatoms. The van der Waals surface area contributed by atoms with Gasteiger partial charge in [0.05, 0.1) is 17.9 Å². The lowest BCUT2D eigenvalue weighted by atomic mass is 10.1. The van der Waals surface area contributed by atoms with E-state index < -0.39 is 0 Å². The molecular formula is C11H7NO. The summed E-state index contributed by atoms with van der Waals surface area (Å²) in [4.78, 5) is 0. The second-order valence-electron chi connectivity index (χ2n) is 2.67. The number of nitrogens with zero attached hydrogens (tertiary/aromatic N) is 1. The zero-order chi connectivity index (χ0) is 9.10. The fourth-order valence-corrected chi connectivity index (χ4v) is 1.18. The van der Waals surface area contributed by atoms with Gasteiger partial charge >= 0.3 is 0 Å². The van der Waals surface area contributed by atoms with Crippen LogP contribution in [0.25, 0.3) is 11.3 Å². The average Bonchev–Trinajstić information content (AvgIpc) is 2.71. The molecule has 62 valence electrons. The van der Waals surface area contributed by atoms with E-state index in [9.17, 15) is 0 Å². The van der Waals surface area contributed by atoms with Crippen molar-refractivity contribution in [3.63, 3.8) is 0 Å². The molecule has 13 heavy (non-hydrogen) atoms. The van der Waals surface area contributed by atoms with Crippen molar-refractivity contribution >= 4 is 0 Å². The van der Waals surface area contributed by atoms with Gasteiger partial charge in [0.2, 0.25) is 0 Å². The predicted molar refractivity (Wildman–Crippen MR) is 48.9 cm³/mol. The molecule has 0 saturated carbocycles. The molecule has 0 fully saturated rings. The second-order valence-corrected chi connectivity index (χ2v) is 2.67. The maximum atomic E-state index is 8.68. The first kappa shape index (κ1) is 7.63. The maximum absolute atomic E-state index is 8.68. The summed E-state index contributed by atoms with van der Waals surface area (Å²) in [5, 5.41) is 8.68. The van der Waals surface area contributed by atoms with Crippen LogP contribution < -0.4 is 0 Å². The third-order valence-electron chi connectivity index (χ3n) is 1.80. The van der Waals surface area contributed by atoms with E-state index >= 15 is 0 Å². The first-order valence-corrected chi connectivity index (χ1v) is 3.94. The molecule has 0 aliphatic rings. The Morgan fingerprint density at radius 1 is 1.15 bits per heavy atom. The molecule has 0 aliphatic carbocycles. The molecule has 0 N–H and O–H groups in total. The second kappa shape index (κ2) is 3.16. The standard InChI is InChI=1S/C11H7NO/c12-8-9-3-1-4-10(7-9)11-5-2-6-13-11/h1-7H. The van der Waals surface area contributed by atoms with Crippen molar-refractivity contribution in [2.75, 3.05) is 0 Å². The van der Waals surface area contributed by atoms with E-state index in [-0.39, 0.29) is 0 Å². The zero-order valence-corrected chi connectivity index (χ0v) is 6.90. The Bertz CT molecular complexity index is 437. The Labute approximate surface area is 76.0 Å². The van der Waals surface area contributed by atoms with Crippen molar-refractivity contribution in [3.8, 4) is 17.4 Å². The minimum Gasteiger partial charge on any atom is -0.464 e. The number of hydrogen-bond donors (Lipinski definition) is 0. The molecule has 0 saturated heterocycles. The first-order chi connectivity index (χ1) is 6.40. The Kier molecular flexibility index (Phi) is 1.85. The van der Waals surface area contributed by atoms with E-state index in [0.29, 0.717) is 5.56 Å². The molecule has 1 aromatic carbocycles. The van der Waals surface area contributed by atoms with Crippen LogP contribution in [0, 0.1) is 11.3 Å². The number of benzene rings is 1. The molecule has 2 aromatic rings. The topological polar surface area (TPSA) is 36.9 Å². The van der Waals surface area contributed by atoms with Gasteiger partial charge in [-0.25, -0.2) is 0 Å². The summed E-state index contributed by atoms with van der Waals surface area (Å²) >= 11 is 0. The molecule has 0 atom stereocenters. The minimum absolute atomic E-state index is 0.647. The number of rotatable bonds is 1. The van der Waals surface area contributed by atoms with Crippen molar-refractivity contribution in [2.45, 2.75) is 0 Å². The van der Waals surface area contributed by atoms with Gasteiger partial charge in [-0.15, -0.1) is 0 Å². The summed E-state index contributed by atoms with van der Waals surface area (Å²) in [6.07, 6.45) is 1.62. The zero-order valence-electron chi connectivity index (χ0n) is 6.90. The summed E-state index contributed by atoms with van der Waals surface area (Å²) in [5.41, 5.74) is 1.58. The molecular weight excluding hydrogens is 162 g/mol. The van der Waals surface area contributed by atoms with Crippen LogP contribution >= 0.6 is 0 Å². The maximum Gasteiger partial charge on any atom is 0.133 e. The van der Waals surface area contributed by atoms with Gasteiger partial charge in [-0.05, 0) is 24.3 Å². The van der Waals surface area contributed by atoms with Crippen LogP contribution in [0.2, 0.25) is 0 Å². The van der Waals surface area contributed by atoms with E-state index in [0.717, 1.165) is 11.3 Å². The van der Waals surface area contributed by atoms with Gasteiger partial charge in [0.25, 0.3) is 0 Å². The summed E-state index contributed by atoms with van der Waals surface area (Å²) in [6.45, 7) is 0. The monoisotopic (exact) mass is 169 g/mol. The van der Waals surface area contributed by atoms with Crippen LogP contribution in [-0.2, 0) is 0 Å². The van der Waals surface area contributed by atoms with E-state index in [4.69, 9.17) is 9.68 Å². The molecule has 2 rings (SSSR count). The van der Waals surface area contributed by atoms with Gasteiger partial charge in [0, 0.05) is 5.56 Å². The molecule has 0 spiro atoms. The third-order valence-corrected chi connectivity index (χ3v) is 1.80. The van der Waals surface area contributed by atoms with Crippen LogP contribution in [-0.4, -0.2) is 0 Å². The van der Waals surface area contributed by atoms with Crippen molar-refractivity contribution in [1.29, 1.82) is 5.26 Å². The van der Waals surface area contributed by atoms with Crippen LogP contribution in [0.5, 0.6) is 0 Å². The van der Waals surface area contributed by atoms with Crippen molar-refractivity contribution in [3.05, 3.63) is 48.2 Å². The molecule has 0 bridgehead atoms. The first-order valence-electron chi connectivity index (χ1n) is 3.94. The van der Waals surface area contributed by atoms with Crippen molar-refractivity contribution in [1.82, 2.24) is 0 Å². The molecule has 1 heterocycles. The van der Waals surface area contributed by atoms with E-state index in [2.05, 4.69) is 6.07 Å². The van der Waals surface area contributed by atoms with E-state index in [1.807, 2.05) is 24.3 Å². The third kappa shape index (κ3) is 1.45. The van der Waals surface area contributed by atoms with Gasteiger partial charge in [0.15, 0.2) is 0 Å². The quantitative estimate of drug-likeness (QED) is 0.658. The van der Waals surface area contributed by atoms with Crippen LogP contribution in [0.4, 0.5) is 0 Å². The Hall–Kier alpha value is -2.01. The molecule has 0 radical (unpaired) electrons.